The van der Waals surface area contributed by atoms with Crippen molar-refractivity contribution in [3.63, 3.8) is 0 Å². The lowest BCUT2D eigenvalue weighted by Gasteiger charge is -2.17. The minimum absolute atomic E-state index is 0.111. The first kappa shape index (κ1) is 12.7. The van der Waals surface area contributed by atoms with E-state index < -0.39 is 0 Å². The molecule has 1 aromatic carbocycles. The quantitative estimate of drug-likeness (QED) is 0.929. The van der Waals surface area contributed by atoms with Crippen LogP contribution in [0.1, 0.15) is 12.0 Å². The Hall–Kier alpha value is -2.36. The van der Waals surface area contributed by atoms with Crippen LogP contribution in [0.5, 0.6) is 0 Å². The van der Waals surface area contributed by atoms with Gasteiger partial charge in [0.2, 0.25) is 5.91 Å². The fourth-order valence-electron chi connectivity index (χ4n) is 2.42. The van der Waals surface area contributed by atoms with Crippen LogP contribution in [-0.2, 0) is 4.79 Å². The Kier molecular flexibility index (Phi) is 3.37. The highest BCUT2D eigenvalue weighted by Gasteiger charge is 2.32. The molecule has 1 aromatic heterocycles. The molecule has 0 spiro atoms. The summed E-state index contributed by atoms with van der Waals surface area (Å²) in [7, 11) is 0. The van der Waals surface area contributed by atoms with Gasteiger partial charge in [0.05, 0.1) is 0 Å². The molecule has 2 heterocycles. The summed E-state index contributed by atoms with van der Waals surface area (Å²) in [5.74, 6) is 0.858. The molecule has 1 aliphatic heterocycles. The number of nitrogens with zero attached hydrogens (tertiary/aromatic N) is 2. The first-order chi connectivity index (χ1) is 9.74. The molecule has 1 atom stereocenters. The minimum Gasteiger partial charge on any atom is -0.358 e. The lowest BCUT2D eigenvalue weighted by molar-refractivity contribution is -0.117. The van der Waals surface area contributed by atoms with Crippen LogP contribution in [0.2, 0.25) is 0 Å². The smallest absolute Gasteiger partial charge is 0.249 e. The molecule has 0 aliphatic carbocycles. The van der Waals surface area contributed by atoms with E-state index in [1.807, 2.05) is 54.3 Å². The van der Waals surface area contributed by atoms with Gasteiger partial charge in [-0.25, -0.2) is 4.98 Å². The second-order valence-corrected chi connectivity index (χ2v) is 5.03. The van der Waals surface area contributed by atoms with E-state index in [2.05, 4.69) is 10.3 Å². The van der Waals surface area contributed by atoms with E-state index in [4.69, 9.17) is 0 Å². The molecule has 0 radical (unpaired) electrons. The first-order valence-electron chi connectivity index (χ1n) is 6.80. The average molecular weight is 267 g/mol. The summed E-state index contributed by atoms with van der Waals surface area (Å²) in [6.07, 6.45) is 2.52. The number of benzene rings is 1. The van der Waals surface area contributed by atoms with E-state index in [9.17, 15) is 4.79 Å². The van der Waals surface area contributed by atoms with Crippen molar-refractivity contribution in [1.29, 1.82) is 0 Å². The van der Waals surface area contributed by atoms with Gasteiger partial charge in [0.1, 0.15) is 11.9 Å². The number of hydrogen-bond acceptors (Lipinski definition) is 3. The van der Waals surface area contributed by atoms with E-state index >= 15 is 0 Å². The van der Waals surface area contributed by atoms with Gasteiger partial charge >= 0.3 is 0 Å². The Morgan fingerprint density at radius 1 is 1.20 bits per heavy atom. The molecule has 4 heteroatoms. The number of aryl methyl sites for hydroxylation is 1. The SMILES string of the molecule is Cc1ccc(N2CCC(Nc3ccccn3)C2=O)cc1. The molecule has 1 fully saturated rings. The molecule has 0 bridgehead atoms. The predicted octanol–water partition coefficient (Wildman–Crippen LogP) is 2.61. The fraction of sp³-hybridized carbons (Fsp3) is 0.250. The molecule has 2 aromatic rings. The normalized spacial score (nSPS) is 18.4. The third-order valence-electron chi connectivity index (χ3n) is 3.54. The van der Waals surface area contributed by atoms with Gasteiger partial charge in [-0.1, -0.05) is 23.8 Å². The lowest BCUT2D eigenvalue weighted by Crippen LogP contribution is -2.33. The van der Waals surface area contributed by atoms with E-state index in [-0.39, 0.29) is 11.9 Å². The Balaban J connectivity index is 1.72. The van der Waals surface area contributed by atoms with Crippen molar-refractivity contribution in [2.75, 3.05) is 16.8 Å². The molecule has 20 heavy (non-hydrogen) atoms. The van der Waals surface area contributed by atoms with Crippen molar-refractivity contribution < 1.29 is 4.79 Å². The fourth-order valence-corrected chi connectivity index (χ4v) is 2.42. The van der Waals surface area contributed by atoms with Crippen LogP contribution >= 0.6 is 0 Å². The van der Waals surface area contributed by atoms with Crippen molar-refractivity contribution in [3.05, 3.63) is 54.2 Å². The summed E-state index contributed by atoms with van der Waals surface area (Å²) >= 11 is 0. The van der Waals surface area contributed by atoms with Crippen LogP contribution in [0.4, 0.5) is 11.5 Å². The second kappa shape index (κ2) is 5.33. The number of carbonyl (C=O) groups is 1. The summed E-state index contributed by atoms with van der Waals surface area (Å²) in [4.78, 5) is 18.5. The molecule has 1 amide bonds. The molecule has 0 saturated carbocycles. The highest BCUT2D eigenvalue weighted by atomic mass is 16.2. The van der Waals surface area contributed by atoms with Gasteiger partial charge in [-0.2, -0.15) is 0 Å². The minimum atomic E-state index is -0.189. The second-order valence-electron chi connectivity index (χ2n) is 5.03. The average Bonchev–Trinajstić information content (AvgIpc) is 2.83. The van der Waals surface area contributed by atoms with Crippen LogP contribution in [0.15, 0.2) is 48.7 Å². The number of aromatic nitrogens is 1. The van der Waals surface area contributed by atoms with Crippen LogP contribution in [0.3, 0.4) is 0 Å². The number of anilines is 2. The molecule has 1 saturated heterocycles. The van der Waals surface area contributed by atoms with Crippen molar-refractivity contribution >= 4 is 17.4 Å². The van der Waals surface area contributed by atoms with Gasteiger partial charge in [-0.05, 0) is 37.6 Å². The standard InChI is InChI=1S/C16H17N3O/c1-12-5-7-13(8-6-12)19-11-9-14(16(19)20)18-15-4-2-3-10-17-15/h2-8,10,14H,9,11H2,1H3,(H,17,18). The summed E-state index contributed by atoms with van der Waals surface area (Å²) in [5, 5.41) is 3.20. The Morgan fingerprint density at radius 3 is 2.70 bits per heavy atom. The van der Waals surface area contributed by atoms with E-state index in [0.29, 0.717) is 0 Å². The van der Waals surface area contributed by atoms with E-state index in [0.717, 1.165) is 24.5 Å². The molecule has 4 nitrogen and oxygen atoms in total. The summed E-state index contributed by atoms with van der Waals surface area (Å²) in [6.45, 7) is 2.79. The first-order valence-corrected chi connectivity index (χ1v) is 6.80. The van der Waals surface area contributed by atoms with Crippen LogP contribution in [0.25, 0.3) is 0 Å². The van der Waals surface area contributed by atoms with Gasteiger partial charge in [-0.15, -0.1) is 0 Å². The largest absolute Gasteiger partial charge is 0.358 e. The zero-order valence-electron chi connectivity index (χ0n) is 11.4. The molecule has 1 N–H and O–H groups in total. The third-order valence-corrected chi connectivity index (χ3v) is 3.54. The number of hydrogen-bond donors (Lipinski definition) is 1. The van der Waals surface area contributed by atoms with Gasteiger partial charge in [0.25, 0.3) is 0 Å². The number of carbonyl (C=O) groups excluding carboxylic acids is 1. The van der Waals surface area contributed by atoms with Crippen LogP contribution in [0, 0.1) is 6.92 Å². The molecular formula is C16H17N3O. The van der Waals surface area contributed by atoms with E-state index in [1.54, 1.807) is 6.20 Å². The monoisotopic (exact) mass is 267 g/mol. The molecular weight excluding hydrogens is 250 g/mol. The lowest BCUT2D eigenvalue weighted by atomic mass is 10.2. The zero-order chi connectivity index (χ0) is 13.9. The number of amides is 1. The highest BCUT2D eigenvalue weighted by Crippen LogP contribution is 2.23. The van der Waals surface area contributed by atoms with Crippen LogP contribution < -0.4 is 10.2 Å². The molecule has 1 aliphatic rings. The number of nitrogens with one attached hydrogen (secondary N) is 1. The highest BCUT2D eigenvalue weighted by molar-refractivity contribution is 6.00. The van der Waals surface area contributed by atoms with Gasteiger partial charge in [-0.3, -0.25) is 4.79 Å². The maximum absolute atomic E-state index is 12.4. The van der Waals surface area contributed by atoms with Crippen molar-refractivity contribution in [1.82, 2.24) is 4.98 Å². The van der Waals surface area contributed by atoms with Crippen molar-refractivity contribution in [2.45, 2.75) is 19.4 Å². The van der Waals surface area contributed by atoms with Gasteiger partial charge in [0.15, 0.2) is 0 Å². The third kappa shape index (κ3) is 2.50. The van der Waals surface area contributed by atoms with Crippen molar-refractivity contribution in [2.24, 2.45) is 0 Å². The molecule has 1 unspecified atom stereocenters. The Bertz CT molecular complexity index is 595. The summed E-state index contributed by atoms with van der Waals surface area (Å²) in [5.41, 5.74) is 2.16. The topological polar surface area (TPSA) is 45.2 Å². The predicted molar refractivity (Wildman–Crippen MR) is 79.8 cm³/mol. The Labute approximate surface area is 118 Å². The summed E-state index contributed by atoms with van der Waals surface area (Å²) < 4.78 is 0. The number of pyridine rings is 1. The zero-order valence-corrected chi connectivity index (χ0v) is 11.4. The summed E-state index contributed by atoms with van der Waals surface area (Å²) in [6, 6.07) is 13.5. The maximum atomic E-state index is 12.4. The maximum Gasteiger partial charge on any atom is 0.249 e. The number of rotatable bonds is 3. The Morgan fingerprint density at radius 2 is 2.00 bits per heavy atom. The van der Waals surface area contributed by atoms with E-state index in [1.165, 1.54) is 5.56 Å². The van der Waals surface area contributed by atoms with Crippen molar-refractivity contribution in [3.8, 4) is 0 Å². The molecule has 102 valence electrons. The van der Waals surface area contributed by atoms with Gasteiger partial charge in [0, 0.05) is 18.4 Å². The van der Waals surface area contributed by atoms with Gasteiger partial charge < -0.3 is 10.2 Å². The van der Waals surface area contributed by atoms with Crippen LogP contribution in [-0.4, -0.2) is 23.5 Å². The molecule has 3 rings (SSSR count).